The topological polar surface area (TPSA) is 93.1 Å². The Morgan fingerprint density at radius 3 is 1.81 bits per heavy atom. The fourth-order valence-corrected chi connectivity index (χ4v) is 2.49. The van der Waals surface area contributed by atoms with E-state index in [1.807, 2.05) is 6.08 Å². The number of hydrogen-bond donors (Lipinski definition) is 2. The van der Waals surface area contributed by atoms with Gasteiger partial charge in [-0.2, -0.15) is 0 Å². The molecule has 0 saturated heterocycles. The van der Waals surface area contributed by atoms with Crippen LogP contribution in [0.4, 0.5) is 0 Å². The quantitative estimate of drug-likeness (QED) is 0.175. The van der Waals surface area contributed by atoms with Gasteiger partial charge in [-0.3, -0.25) is 9.59 Å². The molecule has 6 nitrogen and oxygen atoms in total. The molecule has 2 N–H and O–H groups in total. The summed E-state index contributed by atoms with van der Waals surface area (Å²) in [6.07, 6.45) is 24.9. The van der Waals surface area contributed by atoms with Crippen molar-refractivity contribution in [3.05, 3.63) is 48.6 Å². The number of aliphatic hydroxyl groups excluding tert-OH is 2. The molecule has 0 spiro atoms. The van der Waals surface area contributed by atoms with E-state index in [2.05, 4.69) is 47.3 Å². The molecule has 0 aromatic carbocycles. The highest BCUT2D eigenvalue weighted by Gasteiger charge is 2.09. The molecule has 0 unspecified atom stereocenters. The van der Waals surface area contributed by atoms with Gasteiger partial charge in [-0.05, 0) is 51.4 Å². The minimum Gasteiger partial charge on any atom is -0.463 e. The van der Waals surface area contributed by atoms with Crippen molar-refractivity contribution in [1.82, 2.24) is 0 Å². The molecule has 0 aromatic heterocycles. The third-order valence-corrected chi connectivity index (χ3v) is 4.18. The molecule has 0 saturated carbocycles. The minimum atomic E-state index is -0.987. The molecule has 0 aliphatic heterocycles. The van der Waals surface area contributed by atoms with Crippen molar-refractivity contribution in [1.29, 1.82) is 0 Å². The van der Waals surface area contributed by atoms with E-state index in [4.69, 9.17) is 9.84 Å². The fourth-order valence-electron chi connectivity index (χ4n) is 2.49. The van der Waals surface area contributed by atoms with E-state index in [1.54, 1.807) is 0 Å². The van der Waals surface area contributed by atoms with Crippen LogP contribution in [-0.4, -0.2) is 48.1 Å². The van der Waals surface area contributed by atoms with Crippen molar-refractivity contribution in [3.63, 3.8) is 0 Å². The van der Waals surface area contributed by atoms with Gasteiger partial charge >= 0.3 is 11.9 Å². The maximum atomic E-state index is 11.6. The number of unbranched alkanes of at least 4 members (excludes halogenated alkanes) is 4. The normalized spacial score (nSPS) is 13.0. The largest absolute Gasteiger partial charge is 0.463 e. The van der Waals surface area contributed by atoms with Crippen LogP contribution in [0.3, 0.4) is 0 Å². The van der Waals surface area contributed by atoms with Gasteiger partial charge in [0.15, 0.2) is 0 Å². The molecule has 0 aromatic rings. The second-order valence-electron chi connectivity index (χ2n) is 7.20. The maximum absolute atomic E-state index is 11.6. The van der Waals surface area contributed by atoms with Crippen LogP contribution in [0.15, 0.2) is 48.6 Å². The average molecular weight is 437 g/mol. The highest BCUT2D eigenvalue weighted by atomic mass is 16.6. The number of hydrogen-bond acceptors (Lipinski definition) is 6. The summed E-state index contributed by atoms with van der Waals surface area (Å²) in [6.45, 7) is 1.21. The number of rotatable bonds is 19. The van der Waals surface area contributed by atoms with Gasteiger partial charge in [0.1, 0.15) is 19.3 Å². The molecule has 6 heteroatoms. The predicted molar refractivity (Wildman–Crippen MR) is 123 cm³/mol. The Morgan fingerprint density at radius 2 is 1.26 bits per heavy atom. The van der Waals surface area contributed by atoms with Gasteiger partial charge in [0.25, 0.3) is 0 Å². The third-order valence-electron chi connectivity index (χ3n) is 4.18. The van der Waals surface area contributed by atoms with Crippen LogP contribution in [-0.2, 0) is 19.1 Å². The van der Waals surface area contributed by atoms with Crippen LogP contribution in [0.1, 0.15) is 71.1 Å². The van der Waals surface area contributed by atoms with Gasteiger partial charge in [-0.1, -0.05) is 55.0 Å². The van der Waals surface area contributed by atoms with Crippen LogP contribution in [0.5, 0.6) is 0 Å². The number of carbonyl (C=O) groups excluding carboxylic acids is 2. The van der Waals surface area contributed by atoms with Crippen LogP contribution in [0.25, 0.3) is 0 Å². The fraction of sp³-hybridized carbons (Fsp3) is 0.600. The van der Waals surface area contributed by atoms with Crippen molar-refractivity contribution in [2.75, 3.05) is 19.8 Å². The van der Waals surface area contributed by atoms with Gasteiger partial charge < -0.3 is 19.7 Å². The lowest BCUT2D eigenvalue weighted by Crippen LogP contribution is -2.24. The summed E-state index contributed by atoms with van der Waals surface area (Å²) < 4.78 is 9.56. The summed E-state index contributed by atoms with van der Waals surface area (Å²) in [6, 6.07) is 0. The van der Waals surface area contributed by atoms with E-state index in [0.29, 0.717) is 19.4 Å². The minimum absolute atomic E-state index is 0.164. The zero-order valence-corrected chi connectivity index (χ0v) is 18.9. The van der Waals surface area contributed by atoms with Gasteiger partial charge in [0.2, 0.25) is 0 Å². The molecule has 0 fully saturated rings. The van der Waals surface area contributed by atoms with Crippen molar-refractivity contribution >= 4 is 11.9 Å². The highest BCUT2D eigenvalue weighted by Crippen LogP contribution is 2.02. The summed E-state index contributed by atoms with van der Waals surface area (Å²) >= 11 is 0. The van der Waals surface area contributed by atoms with E-state index < -0.39 is 12.1 Å². The molecule has 0 heterocycles. The van der Waals surface area contributed by atoms with Gasteiger partial charge in [0, 0.05) is 20.0 Å². The first-order valence-corrected chi connectivity index (χ1v) is 11.2. The van der Waals surface area contributed by atoms with Crippen LogP contribution < -0.4 is 0 Å². The zero-order chi connectivity index (χ0) is 23.0. The summed E-state index contributed by atoms with van der Waals surface area (Å²) in [4.78, 5) is 22.2. The molecule has 0 rings (SSSR count). The Bertz CT molecular complexity index is 562. The van der Waals surface area contributed by atoms with E-state index in [-0.39, 0.29) is 19.2 Å². The zero-order valence-electron chi connectivity index (χ0n) is 18.9. The van der Waals surface area contributed by atoms with Gasteiger partial charge in [0.05, 0.1) is 0 Å². The summed E-state index contributed by atoms with van der Waals surface area (Å²) in [7, 11) is 0. The molecular formula is C25H40O6. The first-order valence-electron chi connectivity index (χ1n) is 11.2. The average Bonchev–Trinajstić information content (AvgIpc) is 2.75. The van der Waals surface area contributed by atoms with Crippen LogP contribution in [0.2, 0.25) is 0 Å². The smallest absolute Gasteiger partial charge is 0.305 e. The Labute approximate surface area is 187 Å². The van der Waals surface area contributed by atoms with Crippen molar-refractivity contribution < 1.29 is 29.3 Å². The molecule has 0 radical (unpaired) electrons. The van der Waals surface area contributed by atoms with Crippen molar-refractivity contribution in [2.45, 2.75) is 77.2 Å². The van der Waals surface area contributed by atoms with E-state index >= 15 is 0 Å². The van der Waals surface area contributed by atoms with E-state index in [9.17, 15) is 14.7 Å². The van der Waals surface area contributed by atoms with Crippen LogP contribution in [0, 0.1) is 0 Å². The third kappa shape index (κ3) is 24.0. The number of ether oxygens (including phenoxy) is 2. The van der Waals surface area contributed by atoms with E-state index in [1.165, 1.54) is 6.92 Å². The standard InChI is InChI=1S/C25H40O6/c1-23(27)30-21-24(28)22-31-25(29)19-17-15-13-11-9-7-5-3-2-4-6-8-10-12-14-16-18-20-26/h2,4-5,7-8,10-11,13,24,26,28H,3,6,9,12,14-22H2,1H3/b4-2-,7-5-,10-8-,13-11-/t24-/m1/s1. The van der Waals surface area contributed by atoms with Crippen molar-refractivity contribution in [3.8, 4) is 0 Å². The van der Waals surface area contributed by atoms with Gasteiger partial charge in [-0.15, -0.1) is 0 Å². The lowest BCUT2D eigenvalue weighted by molar-refractivity contribution is -0.151. The molecule has 0 aliphatic rings. The Balaban J connectivity index is 3.55. The second kappa shape index (κ2) is 22.5. The lowest BCUT2D eigenvalue weighted by Gasteiger charge is -2.10. The predicted octanol–water partition coefficient (Wildman–Crippen LogP) is 4.57. The number of carbonyl (C=O) groups is 2. The lowest BCUT2D eigenvalue weighted by atomic mass is 10.2. The number of allylic oxidation sites excluding steroid dienone is 8. The molecule has 0 bridgehead atoms. The summed E-state index contributed by atoms with van der Waals surface area (Å²) in [5, 5.41) is 18.2. The first-order chi connectivity index (χ1) is 15.1. The molecule has 1 atom stereocenters. The second-order valence-corrected chi connectivity index (χ2v) is 7.20. The number of esters is 2. The maximum Gasteiger partial charge on any atom is 0.305 e. The summed E-state index contributed by atoms with van der Waals surface area (Å²) in [5.74, 6) is -0.840. The first kappa shape index (κ1) is 28.8. The number of aliphatic hydroxyl groups is 2. The highest BCUT2D eigenvalue weighted by molar-refractivity contribution is 5.69. The molecule has 176 valence electrons. The molecular weight excluding hydrogens is 396 g/mol. The SMILES string of the molecule is CC(=O)OC[C@@H](O)COC(=O)CCC/C=C\C/C=C\C/C=C\C/C=C\CCCCCO. The Hall–Kier alpha value is -2.18. The molecule has 0 amide bonds. The summed E-state index contributed by atoms with van der Waals surface area (Å²) in [5.41, 5.74) is 0. The van der Waals surface area contributed by atoms with Crippen LogP contribution >= 0.6 is 0 Å². The Kier molecular flexibility index (Phi) is 20.9. The Morgan fingerprint density at radius 1 is 0.742 bits per heavy atom. The molecule has 0 aliphatic carbocycles. The van der Waals surface area contributed by atoms with Crippen molar-refractivity contribution in [2.24, 2.45) is 0 Å². The monoisotopic (exact) mass is 436 g/mol. The van der Waals surface area contributed by atoms with E-state index in [0.717, 1.165) is 51.4 Å². The van der Waals surface area contributed by atoms with Gasteiger partial charge in [-0.25, -0.2) is 0 Å². The molecule has 31 heavy (non-hydrogen) atoms.